The first-order chi connectivity index (χ1) is 8.56. The van der Waals surface area contributed by atoms with Gasteiger partial charge in [-0.15, -0.1) is 0 Å². The van der Waals surface area contributed by atoms with E-state index in [0.717, 1.165) is 12.8 Å². The Bertz CT molecular complexity index is 488. The molecule has 0 atom stereocenters. The van der Waals surface area contributed by atoms with Crippen LogP contribution in [0.25, 0.3) is 0 Å². The van der Waals surface area contributed by atoms with Gasteiger partial charge in [-0.25, -0.2) is 9.78 Å². The van der Waals surface area contributed by atoms with Gasteiger partial charge in [-0.05, 0) is 25.0 Å². The van der Waals surface area contributed by atoms with Gasteiger partial charge in [-0.2, -0.15) is 0 Å². The molecule has 1 heterocycles. The van der Waals surface area contributed by atoms with E-state index in [4.69, 9.17) is 21.4 Å². The van der Waals surface area contributed by atoms with Crippen LogP contribution in [0.3, 0.4) is 0 Å². The van der Waals surface area contributed by atoms with Crippen molar-refractivity contribution < 1.29 is 19.4 Å². The second-order valence-electron chi connectivity index (χ2n) is 3.92. The number of ether oxygens (including phenoxy) is 1. The van der Waals surface area contributed by atoms with E-state index in [1.165, 1.54) is 12.1 Å². The van der Waals surface area contributed by atoms with E-state index >= 15 is 0 Å². The summed E-state index contributed by atoms with van der Waals surface area (Å²) in [6.45, 7) is -0.505. The van der Waals surface area contributed by atoms with Crippen LogP contribution in [0.5, 0.6) is 5.75 Å². The maximum Gasteiger partial charge on any atom is 0.341 e. The molecular formula is C11H11ClN2O4. The minimum absolute atomic E-state index is 0.0281. The molecule has 1 aliphatic rings. The molecule has 1 amide bonds. The molecule has 1 aromatic rings. The fourth-order valence-electron chi connectivity index (χ4n) is 1.28. The van der Waals surface area contributed by atoms with Crippen LogP contribution in [0.1, 0.15) is 23.3 Å². The summed E-state index contributed by atoms with van der Waals surface area (Å²) >= 11 is 5.80. The molecule has 0 radical (unpaired) electrons. The van der Waals surface area contributed by atoms with Gasteiger partial charge >= 0.3 is 5.97 Å². The highest BCUT2D eigenvalue weighted by Crippen LogP contribution is 2.23. The Morgan fingerprint density at radius 3 is 2.78 bits per heavy atom. The van der Waals surface area contributed by atoms with Gasteiger partial charge in [0.15, 0.2) is 17.5 Å². The van der Waals surface area contributed by atoms with E-state index in [2.05, 4.69) is 10.3 Å². The van der Waals surface area contributed by atoms with Gasteiger partial charge in [0.05, 0.1) is 0 Å². The van der Waals surface area contributed by atoms with Crippen molar-refractivity contribution in [3.63, 3.8) is 0 Å². The normalized spacial score (nSPS) is 14.1. The van der Waals surface area contributed by atoms with Crippen molar-refractivity contribution in [2.75, 3.05) is 6.61 Å². The van der Waals surface area contributed by atoms with Crippen LogP contribution in [0.15, 0.2) is 12.1 Å². The number of carboxylic acids is 1. The molecule has 96 valence electrons. The molecule has 0 spiro atoms. The monoisotopic (exact) mass is 270 g/mol. The SMILES string of the molecule is O=C(O)COc1ccc(C(=O)NC2CC2)nc1Cl. The zero-order valence-electron chi connectivity index (χ0n) is 9.35. The van der Waals surface area contributed by atoms with Gasteiger partial charge in [0.1, 0.15) is 5.69 Å². The van der Waals surface area contributed by atoms with Crippen LogP contribution in [-0.2, 0) is 4.79 Å². The molecule has 2 N–H and O–H groups in total. The van der Waals surface area contributed by atoms with Crippen LogP contribution in [0, 0.1) is 0 Å². The zero-order valence-corrected chi connectivity index (χ0v) is 10.1. The average molecular weight is 271 g/mol. The summed E-state index contributed by atoms with van der Waals surface area (Å²) in [7, 11) is 0. The molecule has 1 aromatic heterocycles. The van der Waals surface area contributed by atoms with Crippen molar-refractivity contribution in [2.24, 2.45) is 0 Å². The number of hydrogen-bond donors (Lipinski definition) is 2. The highest BCUT2D eigenvalue weighted by atomic mass is 35.5. The maximum atomic E-state index is 11.7. The lowest BCUT2D eigenvalue weighted by Crippen LogP contribution is -2.26. The summed E-state index contributed by atoms with van der Waals surface area (Å²) < 4.78 is 4.90. The Kier molecular flexibility index (Phi) is 3.66. The Morgan fingerprint density at radius 1 is 1.50 bits per heavy atom. The van der Waals surface area contributed by atoms with Gasteiger partial charge in [-0.3, -0.25) is 4.79 Å². The van der Waals surface area contributed by atoms with Crippen LogP contribution < -0.4 is 10.1 Å². The summed E-state index contributed by atoms with van der Waals surface area (Å²) in [5.41, 5.74) is 0.189. The maximum absolute atomic E-state index is 11.7. The second-order valence-corrected chi connectivity index (χ2v) is 4.27. The summed E-state index contributed by atoms with van der Waals surface area (Å²) in [5.74, 6) is -1.26. The summed E-state index contributed by atoms with van der Waals surface area (Å²) in [5, 5.41) is 11.2. The molecule has 0 saturated heterocycles. The topological polar surface area (TPSA) is 88.5 Å². The summed E-state index contributed by atoms with van der Waals surface area (Å²) in [6.07, 6.45) is 1.97. The number of hydrogen-bond acceptors (Lipinski definition) is 4. The lowest BCUT2D eigenvalue weighted by atomic mass is 10.3. The lowest BCUT2D eigenvalue weighted by molar-refractivity contribution is -0.139. The largest absolute Gasteiger partial charge is 0.479 e. The minimum atomic E-state index is -1.11. The minimum Gasteiger partial charge on any atom is -0.479 e. The van der Waals surface area contributed by atoms with E-state index in [1.54, 1.807) is 0 Å². The van der Waals surface area contributed by atoms with Crippen LogP contribution in [-0.4, -0.2) is 34.6 Å². The van der Waals surface area contributed by atoms with E-state index in [1.807, 2.05) is 0 Å². The highest BCUT2D eigenvalue weighted by Gasteiger charge is 2.24. The van der Waals surface area contributed by atoms with E-state index in [-0.39, 0.29) is 28.5 Å². The number of carbonyl (C=O) groups is 2. The molecule has 0 unspecified atom stereocenters. The van der Waals surface area contributed by atoms with E-state index in [9.17, 15) is 9.59 Å². The molecule has 0 bridgehead atoms. The Morgan fingerprint density at radius 2 is 2.22 bits per heavy atom. The number of aromatic nitrogens is 1. The Balaban J connectivity index is 2.03. The number of nitrogens with one attached hydrogen (secondary N) is 1. The summed E-state index contributed by atoms with van der Waals surface area (Å²) in [4.78, 5) is 25.9. The van der Waals surface area contributed by atoms with Crippen molar-refractivity contribution in [3.8, 4) is 5.75 Å². The number of pyridine rings is 1. The van der Waals surface area contributed by atoms with Crippen LogP contribution >= 0.6 is 11.6 Å². The second kappa shape index (κ2) is 5.22. The smallest absolute Gasteiger partial charge is 0.341 e. The Hall–Kier alpha value is -1.82. The average Bonchev–Trinajstić information content (AvgIpc) is 3.11. The van der Waals surface area contributed by atoms with E-state index in [0.29, 0.717) is 0 Å². The van der Waals surface area contributed by atoms with Crippen molar-refractivity contribution in [1.82, 2.24) is 10.3 Å². The zero-order chi connectivity index (χ0) is 13.1. The molecule has 18 heavy (non-hydrogen) atoms. The number of aliphatic carboxylic acids is 1. The number of amides is 1. The standard InChI is InChI=1S/C11H11ClN2O4/c12-10-8(18-5-9(15)16)4-3-7(14-10)11(17)13-6-1-2-6/h3-4,6H,1-2,5H2,(H,13,17)(H,15,16). The van der Waals surface area contributed by atoms with Crippen molar-refractivity contribution in [2.45, 2.75) is 18.9 Å². The molecule has 0 aliphatic heterocycles. The third-order valence-electron chi connectivity index (χ3n) is 2.31. The first-order valence-corrected chi connectivity index (χ1v) is 5.76. The fraction of sp³-hybridized carbons (Fsp3) is 0.364. The molecule has 6 nitrogen and oxygen atoms in total. The number of carboxylic acid groups (broad SMARTS) is 1. The molecule has 1 saturated carbocycles. The number of nitrogens with zero attached hydrogens (tertiary/aromatic N) is 1. The van der Waals surface area contributed by atoms with Gasteiger partial charge in [-0.1, -0.05) is 11.6 Å². The predicted octanol–water partition coefficient (Wildman–Crippen LogP) is 1.09. The fourth-order valence-corrected chi connectivity index (χ4v) is 1.49. The van der Waals surface area contributed by atoms with Gasteiger partial charge in [0.2, 0.25) is 0 Å². The molecule has 2 rings (SSSR count). The number of carbonyl (C=O) groups excluding carboxylic acids is 1. The summed E-state index contributed by atoms with van der Waals surface area (Å²) in [6, 6.07) is 3.11. The quantitative estimate of drug-likeness (QED) is 0.782. The van der Waals surface area contributed by atoms with Gasteiger partial charge < -0.3 is 15.2 Å². The number of rotatable bonds is 5. The van der Waals surface area contributed by atoms with E-state index < -0.39 is 12.6 Å². The molecule has 1 fully saturated rings. The first kappa shape index (κ1) is 12.6. The third-order valence-corrected chi connectivity index (χ3v) is 2.58. The predicted molar refractivity (Wildman–Crippen MR) is 62.9 cm³/mol. The van der Waals surface area contributed by atoms with Gasteiger partial charge in [0, 0.05) is 6.04 Å². The molecule has 0 aromatic carbocycles. The third kappa shape index (κ3) is 3.33. The van der Waals surface area contributed by atoms with Crippen LogP contribution in [0.4, 0.5) is 0 Å². The lowest BCUT2D eigenvalue weighted by Gasteiger charge is -2.07. The molecular weight excluding hydrogens is 260 g/mol. The van der Waals surface area contributed by atoms with Crippen LogP contribution in [0.2, 0.25) is 5.15 Å². The van der Waals surface area contributed by atoms with Crippen molar-refractivity contribution >= 4 is 23.5 Å². The van der Waals surface area contributed by atoms with Gasteiger partial charge in [0.25, 0.3) is 5.91 Å². The molecule has 7 heteroatoms. The first-order valence-electron chi connectivity index (χ1n) is 5.38. The highest BCUT2D eigenvalue weighted by molar-refractivity contribution is 6.31. The van der Waals surface area contributed by atoms with Crippen molar-refractivity contribution in [1.29, 1.82) is 0 Å². The Labute approximate surface area is 108 Å². The van der Waals surface area contributed by atoms with Crippen molar-refractivity contribution in [3.05, 3.63) is 23.0 Å². The number of halogens is 1. The molecule has 1 aliphatic carbocycles.